The zero-order valence-corrected chi connectivity index (χ0v) is 17.3. The Morgan fingerprint density at radius 2 is 2.14 bits per heavy atom. The number of terminal acetylenes is 1. The van der Waals surface area contributed by atoms with Gasteiger partial charge in [0.1, 0.15) is 5.83 Å². The third-order valence-corrected chi connectivity index (χ3v) is 4.79. The van der Waals surface area contributed by atoms with E-state index in [4.69, 9.17) is 6.42 Å². The minimum Gasteiger partial charge on any atom is -0.393 e. The van der Waals surface area contributed by atoms with E-state index < -0.39 is 5.83 Å². The molecule has 0 spiro atoms. The molecule has 0 aromatic carbocycles. The van der Waals surface area contributed by atoms with Gasteiger partial charge in [0.05, 0.1) is 18.0 Å². The number of aromatic nitrogens is 2. The van der Waals surface area contributed by atoms with Gasteiger partial charge in [-0.1, -0.05) is 25.8 Å². The minimum atomic E-state index is -0.454. The van der Waals surface area contributed by atoms with Crippen molar-refractivity contribution in [3.8, 4) is 12.3 Å². The predicted octanol–water partition coefficient (Wildman–Crippen LogP) is 3.00. The van der Waals surface area contributed by atoms with Crippen LogP contribution in [0.25, 0.3) is 0 Å². The van der Waals surface area contributed by atoms with Crippen molar-refractivity contribution in [3.63, 3.8) is 0 Å². The van der Waals surface area contributed by atoms with E-state index in [0.717, 1.165) is 43.3 Å². The van der Waals surface area contributed by atoms with Crippen LogP contribution in [0.5, 0.6) is 0 Å². The van der Waals surface area contributed by atoms with Crippen molar-refractivity contribution in [1.82, 2.24) is 15.3 Å². The lowest BCUT2D eigenvalue weighted by Gasteiger charge is -2.37. The smallest absolute Gasteiger partial charge is 0.224 e. The van der Waals surface area contributed by atoms with Crippen molar-refractivity contribution in [3.05, 3.63) is 30.3 Å². The molecule has 2 heterocycles. The van der Waals surface area contributed by atoms with Crippen LogP contribution in [0, 0.1) is 12.3 Å². The summed E-state index contributed by atoms with van der Waals surface area (Å²) in [5.41, 5.74) is 0.847. The van der Waals surface area contributed by atoms with E-state index in [1.165, 1.54) is 6.08 Å². The van der Waals surface area contributed by atoms with Crippen molar-refractivity contribution in [2.75, 3.05) is 29.1 Å². The van der Waals surface area contributed by atoms with Crippen LogP contribution < -0.4 is 20.9 Å². The fourth-order valence-corrected chi connectivity index (χ4v) is 3.48. The number of nitrogens with one attached hydrogen (secondary N) is 3. The van der Waals surface area contributed by atoms with E-state index >= 15 is 0 Å². The van der Waals surface area contributed by atoms with Gasteiger partial charge in [-0.15, -0.1) is 6.42 Å². The third kappa shape index (κ3) is 5.92. The minimum absolute atomic E-state index is 0.189. The molecule has 0 bridgehead atoms. The number of anilines is 3. The topological polar surface area (TPSA) is 85.3 Å². The number of allylic oxidation sites excluding steroid dienone is 3. The van der Waals surface area contributed by atoms with Gasteiger partial charge >= 0.3 is 0 Å². The number of nitrogens with zero attached hydrogens (tertiary/aromatic N) is 3. The quantitative estimate of drug-likeness (QED) is 0.430. The summed E-state index contributed by atoms with van der Waals surface area (Å²) in [5.74, 6) is 3.08. The van der Waals surface area contributed by atoms with Crippen LogP contribution in [0.2, 0.25) is 0 Å². The Bertz CT molecular complexity index is 752. The normalized spacial score (nSPS) is 23.7. The molecule has 29 heavy (non-hydrogen) atoms. The van der Waals surface area contributed by atoms with Crippen LogP contribution >= 0.6 is 0 Å². The Kier molecular flexibility index (Phi) is 8.90. The van der Waals surface area contributed by atoms with Crippen LogP contribution in [-0.2, 0) is 0 Å². The average molecular weight is 403 g/mol. The van der Waals surface area contributed by atoms with Gasteiger partial charge in [-0.05, 0) is 31.8 Å². The van der Waals surface area contributed by atoms with Gasteiger partial charge in [0.25, 0.3) is 0 Å². The zero-order valence-electron chi connectivity index (χ0n) is 17.3. The van der Waals surface area contributed by atoms with Gasteiger partial charge in [-0.3, -0.25) is 5.32 Å². The summed E-state index contributed by atoms with van der Waals surface area (Å²) >= 11 is 0. The molecule has 0 amide bonds. The number of rotatable bonds is 6. The van der Waals surface area contributed by atoms with E-state index in [1.54, 1.807) is 19.3 Å². The first-order valence-corrected chi connectivity index (χ1v) is 10.1. The number of hydrogen-bond donors (Lipinski definition) is 4. The lowest BCUT2D eigenvalue weighted by Crippen LogP contribution is -2.53. The molecule has 1 fully saturated rings. The standard InChI is InChI=1S/C19H25FN6O.C2H6/c1-3-5-13(20)6-4-11-22-19-24-16-12-23-18(21-2)25-17(16)26(19)14-7-9-15(27)10-8-14;1-2/h1,4-6,12,14-15,19,22,24,27H,7-11H2,2H3,(H,21,23,25);1-2H3/b6-4-,13-5+;. The number of halogens is 1. The van der Waals surface area contributed by atoms with Crippen LogP contribution in [0.15, 0.2) is 30.3 Å². The molecule has 1 aliphatic heterocycles. The second kappa shape index (κ2) is 11.4. The molecule has 1 aromatic rings. The highest BCUT2D eigenvalue weighted by atomic mass is 19.1. The molecule has 8 heteroatoms. The fraction of sp³-hybridized carbons (Fsp3) is 0.524. The summed E-state index contributed by atoms with van der Waals surface area (Å²) in [6.45, 7) is 4.45. The summed E-state index contributed by atoms with van der Waals surface area (Å²) in [6, 6.07) is 0.251. The lowest BCUT2D eigenvalue weighted by atomic mass is 9.92. The Morgan fingerprint density at radius 3 is 2.79 bits per heavy atom. The molecule has 158 valence electrons. The zero-order chi connectivity index (χ0) is 21.2. The molecular formula is C21H31FN6O. The van der Waals surface area contributed by atoms with Gasteiger partial charge in [0.2, 0.25) is 5.95 Å². The second-order valence-corrected chi connectivity index (χ2v) is 6.60. The molecule has 0 radical (unpaired) electrons. The molecular weight excluding hydrogens is 371 g/mol. The highest BCUT2D eigenvalue weighted by Crippen LogP contribution is 2.37. The SMILES string of the molecule is C#C/C=C(F)\C=C/CNC1Nc2cnc(NC)nc2N1C1CCC(O)CC1.CC. The summed E-state index contributed by atoms with van der Waals surface area (Å²) in [6.07, 6.45) is 13.8. The number of fused-ring (bicyclic) bond motifs is 1. The molecule has 4 N–H and O–H groups in total. The molecule has 1 saturated carbocycles. The van der Waals surface area contributed by atoms with E-state index in [1.807, 2.05) is 13.8 Å². The average Bonchev–Trinajstić information content (AvgIpc) is 3.11. The highest BCUT2D eigenvalue weighted by molar-refractivity contribution is 5.72. The van der Waals surface area contributed by atoms with Crippen molar-refractivity contribution < 1.29 is 9.50 Å². The summed E-state index contributed by atoms with van der Waals surface area (Å²) in [4.78, 5) is 11.1. The van der Waals surface area contributed by atoms with E-state index in [2.05, 4.69) is 36.7 Å². The maximum atomic E-state index is 13.3. The van der Waals surface area contributed by atoms with Gasteiger partial charge < -0.3 is 20.6 Å². The summed E-state index contributed by atoms with van der Waals surface area (Å²) in [5, 5.41) is 19.5. The fourth-order valence-electron chi connectivity index (χ4n) is 3.48. The van der Waals surface area contributed by atoms with Gasteiger partial charge in [0.15, 0.2) is 12.1 Å². The highest BCUT2D eigenvalue weighted by Gasteiger charge is 2.37. The van der Waals surface area contributed by atoms with E-state index in [-0.39, 0.29) is 18.4 Å². The van der Waals surface area contributed by atoms with Gasteiger partial charge in [-0.2, -0.15) is 4.98 Å². The summed E-state index contributed by atoms with van der Waals surface area (Å²) in [7, 11) is 1.78. The maximum Gasteiger partial charge on any atom is 0.224 e. The first kappa shape index (κ1) is 22.7. The van der Waals surface area contributed by atoms with Gasteiger partial charge in [-0.25, -0.2) is 9.37 Å². The molecule has 1 aromatic heterocycles. The molecule has 7 nitrogen and oxygen atoms in total. The Morgan fingerprint density at radius 1 is 1.41 bits per heavy atom. The Labute approximate surface area is 172 Å². The lowest BCUT2D eigenvalue weighted by molar-refractivity contribution is 0.120. The van der Waals surface area contributed by atoms with E-state index in [9.17, 15) is 9.50 Å². The largest absolute Gasteiger partial charge is 0.393 e. The molecule has 2 aliphatic rings. The Balaban J connectivity index is 0.00000145. The van der Waals surface area contributed by atoms with Crippen molar-refractivity contribution >= 4 is 17.5 Å². The van der Waals surface area contributed by atoms with Crippen LogP contribution in [0.1, 0.15) is 39.5 Å². The monoisotopic (exact) mass is 402 g/mol. The first-order valence-electron chi connectivity index (χ1n) is 10.1. The molecule has 3 rings (SSSR count). The Hall–Kier alpha value is -2.63. The molecule has 1 atom stereocenters. The van der Waals surface area contributed by atoms with Crippen molar-refractivity contribution in [1.29, 1.82) is 0 Å². The number of hydrogen-bond acceptors (Lipinski definition) is 7. The number of aliphatic hydroxyl groups is 1. The first-order chi connectivity index (χ1) is 14.1. The third-order valence-electron chi connectivity index (χ3n) is 4.79. The second-order valence-electron chi connectivity index (χ2n) is 6.60. The molecule has 1 unspecified atom stereocenters. The maximum absolute atomic E-state index is 13.3. The van der Waals surface area contributed by atoms with Crippen LogP contribution in [0.3, 0.4) is 0 Å². The van der Waals surface area contributed by atoms with Crippen molar-refractivity contribution in [2.24, 2.45) is 0 Å². The van der Waals surface area contributed by atoms with Gasteiger partial charge in [0, 0.05) is 25.7 Å². The van der Waals surface area contributed by atoms with Crippen LogP contribution in [0.4, 0.5) is 21.8 Å². The van der Waals surface area contributed by atoms with Crippen LogP contribution in [-0.4, -0.2) is 47.1 Å². The van der Waals surface area contributed by atoms with Crippen molar-refractivity contribution in [2.45, 2.75) is 58.0 Å². The van der Waals surface area contributed by atoms with E-state index in [0.29, 0.717) is 12.5 Å². The number of aliphatic hydroxyl groups excluding tert-OH is 1. The summed E-state index contributed by atoms with van der Waals surface area (Å²) < 4.78 is 13.3. The predicted molar refractivity (Wildman–Crippen MR) is 116 cm³/mol. The molecule has 1 aliphatic carbocycles. The molecule has 0 saturated heterocycles.